The predicted octanol–water partition coefficient (Wildman–Crippen LogP) is 1.57. The molecular weight excluding hydrogens is 298 g/mol. The standard InChI is InChI=1S/C13H16ClN3O2S/c14-12-2-1-11(9-16)7-13(12)20(18,19)17-5-3-10(8-15)4-6-17/h1-2,7,10H,3-6,8,15H2. The Balaban J connectivity index is 2.30. The molecule has 0 unspecified atom stereocenters. The third-order valence-corrected chi connectivity index (χ3v) is 5.97. The van der Waals surface area contributed by atoms with Gasteiger partial charge < -0.3 is 5.73 Å². The summed E-state index contributed by atoms with van der Waals surface area (Å²) in [4.78, 5) is 0.00409. The van der Waals surface area contributed by atoms with Crippen molar-refractivity contribution in [2.24, 2.45) is 11.7 Å². The van der Waals surface area contributed by atoms with Crippen molar-refractivity contribution in [1.29, 1.82) is 5.26 Å². The van der Waals surface area contributed by atoms with Gasteiger partial charge in [0.2, 0.25) is 10.0 Å². The Morgan fingerprint density at radius 1 is 1.40 bits per heavy atom. The number of nitrogens with zero attached hydrogens (tertiary/aromatic N) is 2. The lowest BCUT2D eigenvalue weighted by Crippen LogP contribution is -2.40. The van der Waals surface area contributed by atoms with E-state index in [0.29, 0.717) is 25.6 Å². The van der Waals surface area contributed by atoms with Gasteiger partial charge in [-0.15, -0.1) is 0 Å². The van der Waals surface area contributed by atoms with Crippen LogP contribution in [0, 0.1) is 17.2 Å². The molecule has 0 amide bonds. The molecule has 108 valence electrons. The molecule has 1 aliphatic heterocycles. The molecule has 7 heteroatoms. The van der Waals surface area contributed by atoms with Gasteiger partial charge in [-0.05, 0) is 43.5 Å². The minimum atomic E-state index is -3.65. The molecular formula is C13H16ClN3O2S. The van der Waals surface area contributed by atoms with Crippen molar-refractivity contribution in [3.05, 3.63) is 28.8 Å². The lowest BCUT2D eigenvalue weighted by molar-refractivity contribution is 0.278. The van der Waals surface area contributed by atoms with Crippen molar-refractivity contribution < 1.29 is 8.42 Å². The zero-order chi connectivity index (χ0) is 14.8. The molecule has 0 radical (unpaired) electrons. The van der Waals surface area contributed by atoms with E-state index >= 15 is 0 Å². The number of halogens is 1. The molecule has 1 fully saturated rings. The molecule has 2 N–H and O–H groups in total. The van der Waals surface area contributed by atoms with Crippen LogP contribution < -0.4 is 5.73 Å². The third-order valence-electron chi connectivity index (χ3n) is 3.58. The monoisotopic (exact) mass is 313 g/mol. The Hall–Kier alpha value is -1.13. The summed E-state index contributed by atoms with van der Waals surface area (Å²) in [5.74, 6) is 0.377. The second kappa shape index (κ2) is 6.10. The maximum atomic E-state index is 12.6. The number of hydrogen-bond acceptors (Lipinski definition) is 4. The fourth-order valence-corrected chi connectivity index (χ4v) is 4.27. The maximum Gasteiger partial charge on any atom is 0.244 e. The van der Waals surface area contributed by atoms with Gasteiger partial charge >= 0.3 is 0 Å². The van der Waals surface area contributed by atoms with E-state index in [2.05, 4.69) is 0 Å². The highest BCUT2D eigenvalue weighted by molar-refractivity contribution is 7.89. The highest BCUT2D eigenvalue weighted by Gasteiger charge is 2.30. The molecule has 1 aromatic rings. The normalized spacial score (nSPS) is 17.9. The van der Waals surface area contributed by atoms with E-state index in [1.54, 1.807) is 0 Å². The lowest BCUT2D eigenvalue weighted by Gasteiger charge is -2.30. The van der Waals surface area contributed by atoms with Gasteiger partial charge in [-0.3, -0.25) is 0 Å². The van der Waals surface area contributed by atoms with E-state index < -0.39 is 10.0 Å². The average Bonchev–Trinajstić information content (AvgIpc) is 2.47. The van der Waals surface area contributed by atoms with E-state index in [-0.39, 0.29) is 15.5 Å². The summed E-state index contributed by atoms with van der Waals surface area (Å²) in [6.45, 7) is 1.47. The summed E-state index contributed by atoms with van der Waals surface area (Å²) in [5, 5.41) is 9.02. The van der Waals surface area contributed by atoms with Gasteiger partial charge in [-0.2, -0.15) is 9.57 Å². The molecule has 0 saturated carbocycles. The Bertz CT molecular complexity index is 632. The summed E-state index contributed by atoms with van der Waals surface area (Å²) >= 11 is 5.98. The minimum Gasteiger partial charge on any atom is -0.330 e. The highest BCUT2D eigenvalue weighted by Crippen LogP contribution is 2.28. The lowest BCUT2D eigenvalue weighted by atomic mass is 9.99. The van der Waals surface area contributed by atoms with Crippen molar-refractivity contribution in [1.82, 2.24) is 4.31 Å². The first kappa shape index (κ1) is 15.3. The Labute approximate surface area is 124 Å². The molecule has 1 aromatic carbocycles. The van der Waals surface area contributed by atoms with Gasteiger partial charge in [-0.1, -0.05) is 11.6 Å². The van der Waals surface area contributed by atoms with E-state index in [4.69, 9.17) is 22.6 Å². The molecule has 0 aliphatic carbocycles. The number of rotatable bonds is 3. The first-order valence-electron chi connectivity index (χ1n) is 6.39. The number of benzene rings is 1. The van der Waals surface area contributed by atoms with Crippen LogP contribution in [-0.4, -0.2) is 32.4 Å². The zero-order valence-corrected chi connectivity index (χ0v) is 12.5. The van der Waals surface area contributed by atoms with Crippen molar-refractivity contribution in [3.8, 4) is 6.07 Å². The summed E-state index contributed by atoms with van der Waals surface area (Å²) in [7, 11) is -3.65. The molecule has 1 aliphatic rings. The number of hydrogen-bond donors (Lipinski definition) is 1. The summed E-state index contributed by atoms with van der Waals surface area (Å²) in [6, 6.07) is 6.20. The van der Waals surface area contributed by atoms with Crippen molar-refractivity contribution in [2.75, 3.05) is 19.6 Å². The Kier molecular flexibility index (Phi) is 4.66. The topological polar surface area (TPSA) is 87.2 Å². The van der Waals surface area contributed by atoms with Gasteiger partial charge in [0.05, 0.1) is 16.7 Å². The van der Waals surface area contributed by atoms with Crippen LogP contribution in [0.2, 0.25) is 5.02 Å². The van der Waals surface area contributed by atoms with Crippen LogP contribution in [0.25, 0.3) is 0 Å². The number of sulfonamides is 1. The summed E-state index contributed by atoms with van der Waals surface area (Å²) in [5.41, 5.74) is 5.89. The molecule has 20 heavy (non-hydrogen) atoms. The minimum absolute atomic E-state index is 0.00409. The summed E-state index contributed by atoms with van der Waals surface area (Å²) < 4.78 is 26.6. The molecule has 5 nitrogen and oxygen atoms in total. The molecule has 0 aromatic heterocycles. The predicted molar refractivity (Wildman–Crippen MR) is 76.7 cm³/mol. The second-order valence-electron chi connectivity index (χ2n) is 4.84. The Morgan fingerprint density at radius 2 is 2.05 bits per heavy atom. The maximum absolute atomic E-state index is 12.6. The van der Waals surface area contributed by atoms with Gasteiger partial charge in [-0.25, -0.2) is 8.42 Å². The van der Waals surface area contributed by atoms with E-state index in [1.165, 1.54) is 22.5 Å². The van der Waals surface area contributed by atoms with Crippen molar-refractivity contribution in [3.63, 3.8) is 0 Å². The van der Waals surface area contributed by atoms with E-state index in [1.807, 2.05) is 6.07 Å². The van der Waals surface area contributed by atoms with Gasteiger partial charge in [0, 0.05) is 13.1 Å². The van der Waals surface area contributed by atoms with Crippen LogP contribution in [0.3, 0.4) is 0 Å². The van der Waals surface area contributed by atoms with Crippen LogP contribution in [-0.2, 0) is 10.0 Å². The highest BCUT2D eigenvalue weighted by atomic mass is 35.5. The quantitative estimate of drug-likeness (QED) is 0.917. The van der Waals surface area contributed by atoms with E-state index in [0.717, 1.165) is 12.8 Å². The SMILES string of the molecule is N#Cc1ccc(Cl)c(S(=O)(=O)N2CCC(CN)CC2)c1. The zero-order valence-electron chi connectivity index (χ0n) is 10.9. The second-order valence-corrected chi connectivity index (χ2v) is 7.15. The number of nitriles is 1. The van der Waals surface area contributed by atoms with Gasteiger partial charge in [0.25, 0.3) is 0 Å². The van der Waals surface area contributed by atoms with Gasteiger partial charge in [0.15, 0.2) is 0 Å². The summed E-state index contributed by atoms with van der Waals surface area (Å²) in [6.07, 6.45) is 1.51. The Morgan fingerprint density at radius 3 is 2.60 bits per heavy atom. The molecule has 1 heterocycles. The van der Waals surface area contributed by atoms with Crippen LogP contribution in [0.1, 0.15) is 18.4 Å². The van der Waals surface area contributed by atoms with Crippen LogP contribution >= 0.6 is 11.6 Å². The molecule has 2 rings (SSSR count). The third kappa shape index (κ3) is 2.96. The van der Waals surface area contributed by atoms with Crippen molar-refractivity contribution in [2.45, 2.75) is 17.7 Å². The molecule has 0 bridgehead atoms. The largest absolute Gasteiger partial charge is 0.330 e. The fourth-order valence-electron chi connectivity index (χ4n) is 2.30. The first-order chi connectivity index (χ1) is 9.48. The molecule has 1 saturated heterocycles. The van der Waals surface area contributed by atoms with Crippen LogP contribution in [0.5, 0.6) is 0 Å². The van der Waals surface area contributed by atoms with Crippen LogP contribution in [0.4, 0.5) is 0 Å². The average molecular weight is 314 g/mol. The fraction of sp³-hybridized carbons (Fsp3) is 0.462. The van der Waals surface area contributed by atoms with Gasteiger partial charge in [0.1, 0.15) is 4.90 Å². The van der Waals surface area contributed by atoms with E-state index in [9.17, 15) is 8.42 Å². The smallest absolute Gasteiger partial charge is 0.244 e. The molecule has 0 spiro atoms. The first-order valence-corrected chi connectivity index (χ1v) is 8.20. The molecule has 0 atom stereocenters. The number of piperidine rings is 1. The van der Waals surface area contributed by atoms with Crippen LogP contribution in [0.15, 0.2) is 23.1 Å². The van der Waals surface area contributed by atoms with Crippen molar-refractivity contribution >= 4 is 21.6 Å². The number of nitrogens with two attached hydrogens (primary N) is 1.